The second-order valence-corrected chi connectivity index (χ2v) is 4.55. The van der Waals surface area contributed by atoms with E-state index in [2.05, 4.69) is 23.1 Å². The molecule has 0 saturated heterocycles. The lowest BCUT2D eigenvalue weighted by Crippen LogP contribution is -2.09. The fourth-order valence-corrected chi connectivity index (χ4v) is 1.94. The summed E-state index contributed by atoms with van der Waals surface area (Å²) in [5.74, 6) is 0. The Balaban J connectivity index is 2.35. The molecule has 2 rings (SSSR count). The molecule has 2 heteroatoms. The monoisotopic (exact) mass is 241 g/mol. The lowest BCUT2D eigenvalue weighted by Gasteiger charge is -2.14. The average Bonchev–Trinajstić information content (AvgIpc) is 2.39. The highest BCUT2D eigenvalue weighted by atomic mass is 32.1. The normalized spacial score (nSPS) is 10.0. The van der Waals surface area contributed by atoms with Crippen molar-refractivity contribution >= 4 is 22.8 Å². The predicted octanol–water partition coefficient (Wildman–Crippen LogP) is 3.52. The van der Waals surface area contributed by atoms with Gasteiger partial charge in [-0.05, 0) is 23.3 Å². The third-order valence-corrected chi connectivity index (χ3v) is 3.13. The van der Waals surface area contributed by atoms with Crippen LogP contribution in [-0.4, -0.2) is 19.0 Å². The van der Waals surface area contributed by atoms with Gasteiger partial charge in [-0.3, -0.25) is 0 Å². The van der Waals surface area contributed by atoms with E-state index in [4.69, 9.17) is 12.2 Å². The van der Waals surface area contributed by atoms with Gasteiger partial charge in [-0.25, -0.2) is 0 Å². The molecule has 1 nitrogen and oxygen atoms in total. The van der Waals surface area contributed by atoms with Gasteiger partial charge in [-0.1, -0.05) is 54.7 Å². The fraction of sp³-hybridized carbons (Fsp3) is 0.133. The van der Waals surface area contributed by atoms with Gasteiger partial charge in [0, 0.05) is 19.8 Å². The minimum Gasteiger partial charge on any atom is -0.378 e. The Labute approximate surface area is 108 Å². The van der Waals surface area contributed by atoms with Gasteiger partial charge in [0.25, 0.3) is 0 Å². The Hall–Kier alpha value is -1.67. The maximum absolute atomic E-state index is 5.51. The first-order valence-electron chi connectivity index (χ1n) is 5.55. The molecule has 2 aromatic rings. The average molecular weight is 241 g/mol. The molecule has 0 saturated carbocycles. The summed E-state index contributed by atoms with van der Waals surface area (Å²) in [6, 6.07) is 18.4. The summed E-state index contributed by atoms with van der Waals surface area (Å²) in [6.45, 7) is 0. The molecule has 0 heterocycles. The maximum Gasteiger partial charge on any atom is 0.0522 e. The number of hydrogen-bond acceptors (Lipinski definition) is 2. The first-order valence-corrected chi connectivity index (χ1v) is 5.96. The van der Waals surface area contributed by atoms with E-state index < -0.39 is 0 Å². The number of hydrogen-bond donors (Lipinski definition) is 0. The van der Waals surface area contributed by atoms with Crippen molar-refractivity contribution < 1.29 is 0 Å². The van der Waals surface area contributed by atoms with E-state index in [9.17, 15) is 0 Å². The van der Waals surface area contributed by atoms with Crippen LogP contribution in [0.5, 0.6) is 0 Å². The molecule has 0 amide bonds. The quantitative estimate of drug-likeness (QED) is 0.597. The molecule has 0 atom stereocenters. The molecule has 0 unspecified atom stereocenters. The van der Waals surface area contributed by atoms with Crippen LogP contribution in [0.3, 0.4) is 0 Å². The van der Waals surface area contributed by atoms with Gasteiger partial charge in [0.05, 0.1) is 4.86 Å². The summed E-state index contributed by atoms with van der Waals surface area (Å²) in [4.78, 5) is 2.98. The van der Waals surface area contributed by atoms with Crippen molar-refractivity contribution in [1.82, 2.24) is 0 Å². The second-order valence-electron chi connectivity index (χ2n) is 4.14. The summed E-state index contributed by atoms with van der Waals surface area (Å²) < 4.78 is 0. The van der Waals surface area contributed by atoms with Crippen molar-refractivity contribution in [3.63, 3.8) is 0 Å². The van der Waals surface area contributed by atoms with Gasteiger partial charge in [0.15, 0.2) is 0 Å². The van der Waals surface area contributed by atoms with E-state index in [1.54, 1.807) is 0 Å². The number of anilines is 1. The van der Waals surface area contributed by atoms with Gasteiger partial charge < -0.3 is 4.90 Å². The van der Waals surface area contributed by atoms with Crippen molar-refractivity contribution in [2.24, 2.45) is 0 Å². The molecule has 17 heavy (non-hydrogen) atoms. The van der Waals surface area contributed by atoms with Crippen LogP contribution in [-0.2, 0) is 0 Å². The van der Waals surface area contributed by atoms with Crippen molar-refractivity contribution in [1.29, 1.82) is 0 Å². The lowest BCUT2D eigenvalue weighted by atomic mass is 10.0. The minimum atomic E-state index is 0.898. The molecule has 0 aliphatic rings. The molecule has 0 aliphatic carbocycles. The highest BCUT2D eigenvalue weighted by Crippen LogP contribution is 2.17. The van der Waals surface area contributed by atoms with Gasteiger partial charge in [-0.2, -0.15) is 0 Å². The van der Waals surface area contributed by atoms with Crippen LogP contribution in [0.25, 0.3) is 0 Å². The zero-order valence-electron chi connectivity index (χ0n) is 10.1. The SMILES string of the molecule is CN(C)c1cccc(C(=S)c2ccccc2)c1. The third-order valence-electron chi connectivity index (χ3n) is 2.66. The molecule has 86 valence electrons. The van der Waals surface area contributed by atoms with E-state index in [0.29, 0.717) is 0 Å². The number of rotatable bonds is 3. The molecular weight excluding hydrogens is 226 g/mol. The van der Waals surface area contributed by atoms with Gasteiger partial charge >= 0.3 is 0 Å². The van der Waals surface area contributed by atoms with Crippen LogP contribution < -0.4 is 4.90 Å². The molecule has 0 radical (unpaired) electrons. The van der Waals surface area contributed by atoms with E-state index in [-0.39, 0.29) is 0 Å². The standard InChI is InChI=1S/C15H15NS/c1-16(2)14-10-6-9-13(11-14)15(17)12-7-4-3-5-8-12/h3-11H,1-2H3. The molecule has 2 aromatic carbocycles. The number of thiocarbonyl (C=S) groups is 1. The number of nitrogens with zero attached hydrogens (tertiary/aromatic N) is 1. The Morgan fingerprint density at radius 2 is 1.53 bits per heavy atom. The Bertz CT molecular complexity index is 517. The Morgan fingerprint density at radius 1 is 0.882 bits per heavy atom. The first kappa shape index (κ1) is 11.8. The van der Waals surface area contributed by atoms with E-state index in [1.807, 2.05) is 50.5 Å². The van der Waals surface area contributed by atoms with Crippen LogP contribution in [0, 0.1) is 0 Å². The second kappa shape index (κ2) is 5.11. The number of benzene rings is 2. The minimum absolute atomic E-state index is 0.898. The van der Waals surface area contributed by atoms with Crippen LogP contribution in [0.2, 0.25) is 0 Å². The third kappa shape index (κ3) is 2.71. The van der Waals surface area contributed by atoms with Crippen molar-refractivity contribution in [2.75, 3.05) is 19.0 Å². The van der Waals surface area contributed by atoms with Gasteiger partial charge in [0.2, 0.25) is 0 Å². The van der Waals surface area contributed by atoms with Crippen LogP contribution in [0.4, 0.5) is 5.69 Å². The lowest BCUT2D eigenvalue weighted by molar-refractivity contribution is 1.13. The predicted molar refractivity (Wildman–Crippen MR) is 78.0 cm³/mol. The fourth-order valence-electron chi connectivity index (χ4n) is 1.68. The van der Waals surface area contributed by atoms with Crippen molar-refractivity contribution in [2.45, 2.75) is 0 Å². The highest BCUT2D eigenvalue weighted by molar-refractivity contribution is 7.81. The summed E-state index contributed by atoms with van der Waals surface area (Å²) in [7, 11) is 4.06. The molecule has 0 fully saturated rings. The van der Waals surface area contributed by atoms with Gasteiger partial charge in [-0.15, -0.1) is 0 Å². The molecule has 0 aliphatic heterocycles. The topological polar surface area (TPSA) is 3.24 Å². The van der Waals surface area contributed by atoms with Crippen molar-refractivity contribution in [3.8, 4) is 0 Å². The molecular formula is C15H15NS. The Kier molecular flexibility index (Phi) is 3.55. The zero-order chi connectivity index (χ0) is 12.3. The van der Waals surface area contributed by atoms with Crippen LogP contribution >= 0.6 is 12.2 Å². The summed E-state index contributed by atoms with van der Waals surface area (Å²) >= 11 is 5.51. The largest absolute Gasteiger partial charge is 0.378 e. The summed E-state index contributed by atoms with van der Waals surface area (Å²) in [5.41, 5.74) is 3.36. The smallest absolute Gasteiger partial charge is 0.0522 e. The molecule has 0 N–H and O–H groups in total. The van der Waals surface area contributed by atoms with E-state index >= 15 is 0 Å². The van der Waals surface area contributed by atoms with E-state index in [0.717, 1.165) is 16.0 Å². The van der Waals surface area contributed by atoms with Crippen LogP contribution in [0.1, 0.15) is 11.1 Å². The zero-order valence-corrected chi connectivity index (χ0v) is 10.9. The highest BCUT2D eigenvalue weighted by Gasteiger charge is 2.05. The summed E-state index contributed by atoms with van der Waals surface area (Å²) in [6.07, 6.45) is 0. The maximum atomic E-state index is 5.51. The van der Waals surface area contributed by atoms with Crippen molar-refractivity contribution in [3.05, 3.63) is 65.7 Å². The molecule has 0 bridgehead atoms. The first-order chi connectivity index (χ1) is 8.18. The molecule has 0 aromatic heterocycles. The van der Waals surface area contributed by atoms with Crippen LogP contribution in [0.15, 0.2) is 54.6 Å². The van der Waals surface area contributed by atoms with Gasteiger partial charge in [0.1, 0.15) is 0 Å². The Morgan fingerprint density at radius 3 is 2.18 bits per heavy atom. The molecule has 0 spiro atoms. The summed E-state index contributed by atoms with van der Waals surface area (Å²) in [5, 5.41) is 0. The van der Waals surface area contributed by atoms with E-state index in [1.165, 1.54) is 5.69 Å².